The van der Waals surface area contributed by atoms with Gasteiger partial charge in [-0.2, -0.15) is 5.10 Å². The van der Waals surface area contributed by atoms with E-state index in [-0.39, 0.29) is 24.0 Å². The molecule has 1 saturated heterocycles. The smallest absolute Gasteiger partial charge is 0.191 e. The van der Waals surface area contributed by atoms with Crippen molar-refractivity contribution in [2.75, 3.05) is 19.6 Å². The molecule has 1 aromatic carbocycles. The predicted molar refractivity (Wildman–Crippen MR) is 135 cm³/mol. The average Bonchev–Trinajstić information content (AvgIpc) is 2.97. The minimum atomic E-state index is 0. The number of halogens is 1. The van der Waals surface area contributed by atoms with Crippen molar-refractivity contribution >= 4 is 29.9 Å². The summed E-state index contributed by atoms with van der Waals surface area (Å²) in [6.07, 6.45) is 3.83. The first-order valence-electron chi connectivity index (χ1n) is 10.9. The highest BCUT2D eigenvalue weighted by molar-refractivity contribution is 14.0. The fourth-order valence-electron chi connectivity index (χ4n) is 4.08. The average molecular weight is 524 g/mol. The highest BCUT2D eigenvalue weighted by Crippen LogP contribution is 2.19. The molecule has 0 aliphatic carbocycles. The number of piperidine rings is 1. The molecule has 2 heterocycles. The maximum absolute atomic E-state index is 4.83. The summed E-state index contributed by atoms with van der Waals surface area (Å²) < 4.78 is 1.93. The van der Waals surface area contributed by atoms with E-state index in [0.717, 1.165) is 31.3 Å². The maximum atomic E-state index is 4.83. The highest BCUT2D eigenvalue weighted by atomic mass is 127. The van der Waals surface area contributed by atoms with Crippen LogP contribution >= 0.6 is 24.0 Å². The molecule has 30 heavy (non-hydrogen) atoms. The summed E-state index contributed by atoms with van der Waals surface area (Å²) in [6, 6.07) is 11.3. The summed E-state index contributed by atoms with van der Waals surface area (Å²) in [5.41, 5.74) is 4.85. The third-order valence-corrected chi connectivity index (χ3v) is 5.88. The van der Waals surface area contributed by atoms with E-state index in [0.29, 0.717) is 12.6 Å². The molecule has 6 nitrogen and oxygen atoms in total. The van der Waals surface area contributed by atoms with Crippen LogP contribution in [0.3, 0.4) is 0 Å². The molecule has 2 aromatic rings. The second-order valence-corrected chi connectivity index (χ2v) is 7.95. The zero-order valence-electron chi connectivity index (χ0n) is 18.8. The van der Waals surface area contributed by atoms with Gasteiger partial charge in [0, 0.05) is 44.0 Å². The number of nitrogens with one attached hydrogen (secondary N) is 2. The third-order valence-electron chi connectivity index (χ3n) is 5.88. The minimum Gasteiger partial charge on any atom is -0.357 e. The van der Waals surface area contributed by atoms with Crippen molar-refractivity contribution in [2.24, 2.45) is 12.0 Å². The standard InChI is InChI=1S/C23H36N6.HI/c1-5-24-23(26-16-22-18(2)27-28(4)19(22)3)25-15-21-13-9-10-14-29(21)17-20-11-7-6-8-12-20;/h6-8,11-12,21H,5,9-10,13-17H2,1-4H3,(H2,24,25,26);1H. The molecule has 1 aromatic heterocycles. The van der Waals surface area contributed by atoms with Gasteiger partial charge in [-0.3, -0.25) is 9.58 Å². The normalized spacial score (nSPS) is 17.5. The van der Waals surface area contributed by atoms with Crippen LogP contribution in [0.25, 0.3) is 0 Å². The van der Waals surface area contributed by atoms with E-state index in [1.165, 1.54) is 42.6 Å². The number of aliphatic imine (C=N–C) groups is 1. The van der Waals surface area contributed by atoms with E-state index >= 15 is 0 Å². The molecule has 7 heteroatoms. The third kappa shape index (κ3) is 6.70. The molecule has 3 rings (SSSR count). The maximum Gasteiger partial charge on any atom is 0.191 e. The van der Waals surface area contributed by atoms with Gasteiger partial charge >= 0.3 is 0 Å². The Kier molecular flexibility index (Phi) is 10.1. The Morgan fingerprint density at radius 1 is 1.17 bits per heavy atom. The lowest BCUT2D eigenvalue weighted by atomic mass is 10.0. The second kappa shape index (κ2) is 12.3. The monoisotopic (exact) mass is 524 g/mol. The minimum absolute atomic E-state index is 0. The molecule has 0 amide bonds. The van der Waals surface area contributed by atoms with Crippen LogP contribution in [-0.4, -0.2) is 46.3 Å². The first kappa shape index (κ1) is 24.7. The Labute approximate surface area is 198 Å². The SMILES string of the molecule is CCNC(=NCc1c(C)nn(C)c1C)NCC1CCCCN1Cc1ccccc1.I. The molecule has 0 bridgehead atoms. The highest BCUT2D eigenvalue weighted by Gasteiger charge is 2.22. The van der Waals surface area contributed by atoms with Gasteiger partial charge in [-0.05, 0) is 45.7 Å². The molecular formula is C23H37IN6. The van der Waals surface area contributed by atoms with Crippen LogP contribution in [0.1, 0.15) is 48.7 Å². The Morgan fingerprint density at radius 2 is 1.93 bits per heavy atom. The molecule has 1 aliphatic heterocycles. The molecule has 1 aliphatic rings. The van der Waals surface area contributed by atoms with Crippen LogP contribution in [0.2, 0.25) is 0 Å². The van der Waals surface area contributed by atoms with Gasteiger partial charge in [0.05, 0.1) is 12.2 Å². The van der Waals surface area contributed by atoms with Crippen LogP contribution in [0.4, 0.5) is 0 Å². The van der Waals surface area contributed by atoms with Gasteiger partial charge in [-0.25, -0.2) is 4.99 Å². The number of guanidine groups is 1. The van der Waals surface area contributed by atoms with Crippen LogP contribution in [0.15, 0.2) is 35.3 Å². The molecule has 2 N–H and O–H groups in total. The number of hydrogen-bond donors (Lipinski definition) is 2. The second-order valence-electron chi connectivity index (χ2n) is 7.95. The van der Waals surface area contributed by atoms with E-state index < -0.39 is 0 Å². The number of likely N-dealkylation sites (tertiary alicyclic amines) is 1. The van der Waals surface area contributed by atoms with E-state index in [4.69, 9.17) is 4.99 Å². The topological polar surface area (TPSA) is 57.5 Å². The Morgan fingerprint density at radius 3 is 2.60 bits per heavy atom. The summed E-state index contributed by atoms with van der Waals surface area (Å²) in [6.45, 7) is 10.9. The Balaban J connectivity index is 0.00000320. The Bertz CT molecular complexity index is 802. The van der Waals surface area contributed by atoms with Crippen molar-refractivity contribution in [3.8, 4) is 0 Å². The van der Waals surface area contributed by atoms with Gasteiger partial charge in [0.25, 0.3) is 0 Å². The lowest BCUT2D eigenvalue weighted by Crippen LogP contribution is -2.48. The zero-order valence-corrected chi connectivity index (χ0v) is 21.1. The predicted octanol–water partition coefficient (Wildman–Crippen LogP) is 3.76. The number of benzene rings is 1. The van der Waals surface area contributed by atoms with Crippen LogP contribution in [-0.2, 0) is 20.1 Å². The summed E-state index contributed by atoms with van der Waals surface area (Å²) >= 11 is 0. The van der Waals surface area contributed by atoms with Crippen LogP contribution < -0.4 is 10.6 Å². The van der Waals surface area contributed by atoms with Gasteiger partial charge in [0.1, 0.15) is 0 Å². The van der Waals surface area contributed by atoms with Gasteiger partial charge in [0.2, 0.25) is 0 Å². The van der Waals surface area contributed by atoms with Crippen molar-refractivity contribution in [1.29, 1.82) is 0 Å². The van der Waals surface area contributed by atoms with Gasteiger partial charge in [0.15, 0.2) is 5.96 Å². The summed E-state index contributed by atoms with van der Waals surface area (Å²) in [5, 5.41) is 11.5. The summed E-state index contributed by atoms with van der Waals surface area (Å²) in [4.78, 5) is 7.45. The number of hydrogen-bond acceptors (Lipinski definition) is 3. The largest absolute Gasteiger partial charge is 0.357 e. The lowest BCUT2D eigenvalue weighted by Gasteiger charge is -2.36. The van der Waals surface area contributed by atoms with E-state index in [2.05, 4.69) is 71.7 Å². The van der Waals surface area contributed by atoms with Crippen molar-refractivity contribution in [2.45, 2.75) is 59.2 Å². The van der Waals surface area contributed by atoms with E-state index in [1.807, 2.05) is 11.7 Å². The van der Waals surface area contributed by atoms with Gasteiger partial charge in [-0.15, -0.1) is 24.0 Å². The first-order valence-corrected chi connectivity index (χ1v) is 10.9. The van der Waals surface area contributed by atoms with Crippen molar-refractivity contribution in [3.05, 3.63) is 52.8 Å². The number of aromatic nitrogens is 2. The fraction of sp³-hybridized carbons (Fsp3) is 0.565. The lowest BCUT2D eigenvalue weighted by molar-refractivity contribution is 0.141. The fourth-order valence-corrected chi connectivity index (χ4v) is 4.08. The van der Waals surface area contributed by atoms with Crippen LogP contribution in [0.5, 0.6) is 0 Å². The molecule has 1 unspecified atom stereocenters. The van der Waals surface area contributed by atoms with E-state index in [1.54, 1.807) is 0 Å². The molecule has 0 saturated carbocycles. The molecule has 0 spiro atoms. The quantitative estimate of drug-likeness (QED) is 0.329. The molecule has 0 radical (unpaired) electrons. The van der Waals surface area contributed by atoms with Crippen molar-refractivity contribution in [3.63, 3.8) is 0 Å². The number of rotatable bonds is 7. The van der Waals surface area contributed by atoms with Gasteiger partial charge < -0.3 is 10.6 Å². The molecule has 1 atom stereocenters. The molecule has 166 valence electrons. The summed E-state index contributed by atoms with van der Waals surface area (Å²) in [5.74, 6) is 0.889. The molecule has 1 fully saturated rings. The van der Waals surface area contributed by atoms with Crippen molar-refractivity contribution < 1.29 is 0 Å². The van der Waals surface area contributed by atoms with Crippen LogP contribution in [0, 0.1) is 13.8 Å². The Hall–Kier alpha value is -1.61. The molecular weight excluding hydrogens is 487 g/mol. The number of aryl methyl sites for hydroxylation is 2. The first-order chi connectivity index (χ1) is 14.1. The summed E-state index contributed by atoms with van der Waals surface area (Å²) in [7, 11) is 1.99. The van der Waals surface area contributed by atoms with Crippen molar-refractivity contribution in [1.82, 2.24) is 25.3 Å². The van der Waals surface area contributed by atoms with E-state index in [9.17, 15) is 0 Å². The van der Waals surface area contributed by atoms with Gasteiger partial charge in [-0.1, -0.05) is 36.8 Å². The number of nitrogens with zero attached hydrogens (tertiary/aromatic N) is 4. The zero-order chi connectivity index (χ0) is 20.6.